The van der Waals surface area contributed by atoms with Gasteiger partial charge < -0.3 is 18.9 Å². The van der Waals surface area contributed by atoms with Crippen LogP contribution in [0, 0.1) is 0 Å². The maximum absolute atomic E-state index is 5.46. The molecule has 2 aliphatic heterocycles. The van der Waals surface area contributed by atoms with Gasteiger partial charge in [-0.25, -0.2) is 0 Å². The third kappa shape index (κ3) is 3.20. The van der Waals surface area contributed by atoms with Crippen LogP contribution in [0.4, 0.5) is 0 Å². The van der Waals surface area contributed by atoms with Gasteiger partial charge in [-0.3, -0.25) is 0 Å². The Morgan fingerprint density at radius 3 is 1.71 bits per heavy atom. The molecule has 2 aliphatic rings. The first kappa shape index (κ1) is 10.4. The molecule has 4 nitrogen and oxygen atoms in total. The number of hydrogen-bond acceptors (Lipinski definition) is 4. The van der Waals surface area contributed by atoms with E-state index in [1.807, 2.05) is 0 Å². The van der Waals surface area contributed by atoms with Gasteiger partial charge in [0.25, 0.3) is 0 Å². The molecule has 2 heterocycles. The van der Waals surface area contributed by atoms with Crippen molar-refractivity contribution in [3.63, 3.8) is 0 Å². The van der Waals surface area contributed by atoms with E-state index in [0.717, 1.165) is 38.9 Å². The van der Waals surface area contributed by atoms with Gasteiger partial charge >= 0.3 is 0 Å². The third-order valence-electron chi connectivity index (χ3n) is 2.47. The molecule has 2 rings (SSSR count). The Morgan fingerprint density at radius 2 is 1.36 bits per heavy atom. The third-order valence-corrected chi connectivity index (χ3v) is 2.47. The van der Waals surface area contributed by atoms with Gasteiger partial charge in [-0.05, 0) is 12.8 Å². The van der Waals surface area contributed by atoms with Crippen molar-refractivity contribution >= 4 is 0 Å². The molecule has 4 heteroatoms. The molecule has 2 unspecified atom stereocenters. The van der Waals surface area contributed by atoms with Gasteiger partial charge in [-0.15, -0.1) is 0 Å². The zero-order chi connectivity index (χ0) is 9.64. The first-order chi connectivity index (χ1) is 6.95. The number of ether oxygens (including phenoxy) is 4. The van der Waals surface area contributed by atoms with Crippen LogP contribution in [0.2, 0.25) is 0 Å². The molecule has 0 spiro atoms. The normalized spacial score (nSPS) is 32.6. The molecule has 0 aromatic heterocycles. The van der Waals surface area contributed by atoms with Crippen molar-refractivity contribution in [2.45, 2.75) is 38.3 Å². The SMILES string of the molecule is C1COC(OCCOC2CCCO2)C1. The predicted molar refractivity (Wildman–Crippen MR) is 49.9 cm³/mol. The molecule has 0 aliphatic carbocycles. The lowest BCUT2D eigenvalue weighted by Gasteiger charge is -2.13. The van der Waals surface area contributed by atoms with E-state index < -0.39 is 0 Å². The highest BCUT2D eigenvalue weighted by Gasteiger charge is 2.17. The minimum Gasteiger partial charge on any atom is -0.353 e. The summed E-state index contributed by atoms with van der Waals surface area (Å²) < 4.78 is 21.6. The van der Waals surface area contributed by atoms with Crippen molar-refractivity contribution in [3.8, 4) is 0 Å². The van der Waals surface area contributed by atoms with Crippen LogP contribution in [0.25, 0.3) is 0 Å². The highest BCUT2D eigenvalue weighted by molar-refractivity contribution is 4.55. The molecule has 0 radical (unpaired) electrons. The summed E-state index contributed by atoms with van der Waals surface area (Å²) in [4.78, 5) is 0. The van der Waals surface area contributed by atoms with Crippen LogP contribution in [0.15, 0.2) is 0 Å². The van der Waals surface area contributed by atoms with E-state index in [-0.39, 0.29) is 12.6 Å². The van der Waals surface area contributed by atoms with Crippen molar-refractivity contribution in [1.29, 1.82) is 0 Å². The monoisotopic (exact) mass is 202 g/mol. The summed E-state index contributed by atoms with van der Waals surface area (Å²) in [5.74, 6) is 0. The largest absolute Gasteiger partial charge is 0.353 e. The molecule has 2 fully saturated rings. The Balaban J connectivity index is 1.46. The molecule has 0 saturated carbocycles. The summed E-state index contributed by atoms with van der Waals surface area (Å²) >= 11 is 0. The van der Waals surface area contributed by atoms with E-state index in [9.17, 15) is 0 Å². The Bertz CT molecular complexity index is 132. The second-order valence-corrected chi connectivity index (χ2v) is 3.63. The summed E-state index contributed by atoms with van der Waals surface area (Å²) in [5, 5.41) is 0. The van der Waals surface area contributed by atoms with E-state index in [1.54, 1.807) is 0 Å². The van der Waals surface area contributed by atoms with Crippen LogP contribution in [0.3, 0.4) is 0 Å². The molecule has 0 aromatic carbocycles. The first-order valence-electron chi connectivity index (χ1n) is 5.41. The van der Waals surface area contributed by atoms with Gasteiger partial charge in [-0.1, -0.05) is 0 Å². The van der Waals surface area contributed by atoms with E-state index in [0.29, 0.717) is 13.2 Å². The van der Waals surface area contributed by atoms with Gasteiger partial charge in [0.05, 0.1) is 13.2 Å². The van der Waals surface area contributed by atoms with Crippen molar-refractivity contribution in [2.75, 3.05) is 26.4 Å². The van der Waals surface area contributed by atoms with Crippen LogP contribution < -0.4 is 0 Å². The molecular weight excluding hydrogens is 184 g/mol. The smallest absolute Gasteiger partial charge is 0.157 e. The highest BCUT2D eigenvalue weighted by atomic mass is 16.7. The highest BCUT2D eigenvalue weighted by Crippen LogP contribution is 2.14. The summed E-state index contributed by atoms with van der Waals surface area (Å²) in [5.41, 5.74) is 0. The summed E-state index contributed by atoms with van der Waals surface area (Å²) in [6, 6.07) is 0. The molecule has 2 atom stereocenters. The lowest BCUT2D eigenvalue weighted by Crippen LogP contribution is -2.18. The maximum Gasteiger partial charge on any atom is 0.157 e. The lowest BCUT2D eigenvalue weighted by atomic mass is 10.4. The molecule has 0 aromatic rings. The molecule has 0 N–H and O–H groups in total. The van der Waals surface area contributed by atoms with Crippen LogP contribution in [0.5, 0.6) is 0 Å². The van der Waals surface area contributed by atoms with Crippen LogP contribution in [-0.2, 0) is 18.9 Å². The van der Waals surface area contributed by atoms with Crippen molar-refractivity contribution in [1.82, 2.24) is 0 Å². The summed E-state index contributed by atoms with van der Waals surface area (Å²) in [7, 11) is 0. The first-order valence-corrected chi connectivity index (χ1v) is 5.41. The zero-order valence-corrected chi connectivity index (χ0v) is 8.44. The van der Waals surface area contributed by atoms with Crippen LogP contribution in [0.1, 0.15) is 25.7 Å². The minimum absolute atomic E-state index is 0.00287. The average Bonchev–Trinajstić information content (AvgIpc) is 2.86. The van der Waals surface area contributed by atoms with Gasteiger partial charge in [0.15, 0.2) is 12.6 Å². The van der Waals surface area contributed by atoms with E-state index in [1.165, 1.54) is 0 Å². The Morgan fingerprint density at radius 1 is 0.857 bits per heavy atom. The van der Waals surface area contributed by atoms with Crippen molar-refractivity contribution in [2.24, 2.45) is 0 Å². The Kier molecular flexibility index (Phi) is 4.19. The molecule has 82 valence electrons. The maximum atomic E-state index is 5.46. The Hall–Kier alpha value is -0.160. The summed E-state index contributed by atoms with van der Waals surface area (Å²) in [6.07, 6.45) is 4.25. The number of rotatable bonds is 5. The lowest BCUT2D eigenvalue weighted by molar-refractivity contribution is -0.155. The standard InChI is InChI=1S/C10H18O4/c1-3-9(11-5-1)13-7-8-14-10-4-2-6-12-10/h9-10H,1-8H2. The van der Waals surface area contributed by atoms with Crippen LogP contribution in [-0.4, -0.2) is 39.0 Å². The van der Waals surface area contributed by atoms with Crippen molar-refractivity contribution in [3.05, 3.63) is 0 Å². The second kappa shape index (κ2) is 5.66. The molecule has 0 amide bonds. The fourth-order valence-electron chi connectivity index (χ4n) is 1.72. The summed E-state index contributed by atoms with van der Waals surface area (Å²) in [6.45, 7) is 2.86. The fourth-order valence-corrected chi connectivity index (χ4v) is 1.72. The van der Waals surface area contributed by atoms with Crippen LogP contribution >= 0.6 is 0 Å². The second-order valence-electron chi connectivity index (χ2n) is 3.63. The molecule has 2 saturated heterocycles. The topological polar surface area (TPSA) is 36.9 Å². The van der Waals surface area contributed by atoms with Gasteiger partial charge in [0, 0.05) is 26.1 Å². The van der Waals surface area contributed by atoms with E-state index in [4.69, 9.17) is 18.9 Å². The fraction of sp³-hybridized carbons (Fsp3) is 1.00. The predicted octanol–water partition coefficient (Wildman–Crippen LogP) is 1.29. The van der Waals surface area contributed by atoms with Gasteiger partial charge in [0.1, 0.15) is 0 Å². The molecular formula is C10H18O4. The van der Waals surface area contributed by atoms with E-state index >= 15 is 0 Å². The number of hydrogen-bond donors (Lipinski definition) is 0. The molecule has 0 bridgehead atoms. The van der Waals surface area contributed by atoms with Gasteiger partial charge in [-0.2, -0.15) is 0 Å². The quantitative estimate of drug-likeness (QED) is 0.629. The molecule has 14 heavy (non-hydrogen) atoms. The Labute approximate surface area is 84.5 Å². The van der Waals surface area contributed by atoms with E-state index in [2.05, 4.69) is 0 Å². The zero-order valence-electron chi connectivity index (χ0n) is 8.44. The van der Waals surface area contributed by atoms with Gasteiger partial charge in [0.2, 0.25) is 0 Å². The van der Waals surface area contributed by atoms with Crippen molar-refractivity contribution < 1.29 is 18.9 Å². The average molecular weight is 202 g/mol. The minimum atomic E-state index is 0.00287.